The van der Waals surface area contributed by atoms with Gasteiger partial charge in [-0.25, -0.2) is 4.79 Å². The van der Waals surface area contributed by atoms with Crippen molar-refractivity contribution < 1.29 is 19.1 Å². The second-order valence-electron chi connectivity index (χ2n) is 7.83. The number of esters is 1. The number of fused-ring (bicyclic) bond motifs is 1. The molecule has 2 aliphatic rings. The van der Waals surface area contributed by atoms with Crippen molar-refractivity contribution in [3.8, 4) is 0 Å². The SMILES string of the molecule is COC(=O)C1=CC=CC2C1(CO)CCC(C)C2(C)CCc1ccoc1. The van der Waals surface area contributed by atoms with Crippen LogP contribution in [0.15, 0.2) is 46.8 Å². The second-order valence-corrected chi connectivity index (χ2v) is 7.83. The number of aliphatic hydroxyl groups excluding tert-OH is 1. The molecule has 1 N–H and O–H groups in total. The topological polar surface area (TPSA) is 59.7 Å². The summed E-state index contributed by atoms with van der Waals surface area (Å²) in [5, 5.41) is 10.4. The summed E-state index contributed by atoms with van der Waals surface area (Å²) in [6.45, 7) is 4.56. The van der Waals surface area contributed by atoms with E-state index in [0.717, 1.165) is 25.7 Å². The van der Waals surface area contributed by atoms with Crippen LogP contribution in [0.5, 0.6) is 0 Å². The van der Waals surface area contributed by atoms with Crippen molar-refractivity contribution in [3.05, 3.63) is 48.0 Å². The van der Waals surface area contributed by atoms with Crippen LogP contribution in [-0.4, -0.2) is 24.8 Å². The van der Waals surface area contributed by atoms with Crippen LogP contribution in [-0.2, 0) is 16.0 Å². The molecule has 1 saturated carbocycles. The van der Waals surface area contributed by atoms with Gasteiger partial charge in [-0.2, -0.15) is 0 Å². The van der Waals surface area contributed by atoms with E-state index >= 15 is 0 Å². The maximum atomic E-state index is 12.4. The number of allylic oxidation sites excluding steroid dienone is 3. The Kier molecular flexibility index (Phi) is 4.92. The molecular weight excluding hydrogens is 316 g/mol. The van der Waals surface area contributed by atoms with Gasteiger partial charge in [-0.3, -0.25) is 0 Å². The molecule has 4 nitrogen and oxygen atoms in total. The average Bonchev–Trinajstić information content (AvgIpc) is 3.16. The predicted molar refractivity (Wildman–Crippen MR) is 95.8 cm³/mol. The third-order valence-corrected chi connectivity index (χ3v) is 6.78. The zero-order chi connectivity index (χ0) is 18.1. The number of rotatable bonds is 5. The molecule has 0 aliphatic heterocycles. The molecule has 25 heavy (non-hydrogen) atoms. The second kappa shape index (κ2) is 6.83. The third kappa shape index (κ3) is 2.86. The fraction of sp³-hybridized carbons (Fsp3) is 0.571. The van der Waals surface area contributed by atoms with E-state index in [1.807, 2.05) is 18.2 Å². The van der Waals surface area contributed by atoms with Crippen LogP contribution in [0.2, 0.25) is 0 Å². The number of carbonyl (C=O) groups excluding carboxylic acids is 1. The lowest BCUT2D eigenvalue weighted by Gasteiger charge is -2.56. The van der Waals surface area contributed by atoms with Crippen molar-refractivity contribution in [3.63, 3.8) is 0 Å². The van der Waals surface area contributed by atoms with E-state index in [2.05, 4.69) is 19.9 Å². The molecule has 1 heterocycles. The lowest BCUT2D eigenvalue weighted by molar-refractivity contribution is -0.140. The minimum absolute atomic E-state index is 0.0116. The van der Waals surface area contributed by atoms with Crippen LogP contribution in [0.3, 0.4) is 0 Å². The van der Waals surface area contributed by atoms with Crippen molar-refractivity contribution in [1.82, 2.24) is 0 Å². The highest BCUT2D eigenvalue weighted by atomic mass is 16.5. The van der Waals surface area contributed by atoms with Crippen LogP contribution in [0.1, 0.15) is 38.7 Å². The molecule has 3 rings (SSSR count). The zero-order valence-electron chi connectivity index (χ0n) is 15.3. The van der Waals surface area contributed by atoms with Gasteiger partial charge in [-0.1, -0.05) is 32.1 Å². The number of methoxy groups -OCH3 is 1. The van der Waals surface area contributed by atoms with Gasteiger partial charge in [0, 0.05) is 11.0 Å². The standard InChI is InChI=1S/C21H28O4/c1-15-7-11-21(14-22)17(19(23)24-3)5-4-6-18(21)20(15,2)10-8-16-9-12-25-13-16/h4-6,9,12-13,15,18,22H,7-8,10-11,14H2,1-3H3. The molecule has 0 bridgehead atoms. The molecule has 4 atom stereocenters. The van der Waals surface area contributed by atoms with Gasteiger partial charge in [0.2, 0.25) is 0 Å². The van der Waals surface area contributed by atoms with Gasteiger partial charge in [0.15, 0.2) is 0 Å². The summed E-state index contributed by atoms with van der Waals surface area (Å²) in [6.07, 6.45) is 13.2. The van der Waals surface area contributed by atoms with E-state index in [9.17, 15) is 9.90 Å². The van der Waals surface area contributed by atoms with Gasteiger partial charge in [0.1, 0.15) is 0 Å². The Morgan fingerprint density at radius 3 is 2.92 bits per heavy atom. The summed E-state index contributed by atoms with van der Waals surface area (Å²) >= 11 is 0. The molecule has 1 fully saturated rings. The minimum atomic E-state index is -0.542. The largest absolute Gasteiger partial charge is 0.472 e. The van der Waals surface area contributed by atoms with Gasteiger partial charge in [-0.05, 0) is 54.6 Å². The first-order valence-electron chi connectivity index (χ1n) is 9.07. The number of carbonyl (C=O) groups is 1. The maximum Gasteiger partial charge on any atom is 0.334 e. The number of hydrogen-bond acceptors (Lipinski definition) is 4. The normalized spacial score (nSPS) is 34.3. The Hall–Kier alpha value is -1.81. The van der Waals surface area contributed by atoms with Crippen molar-refractivity contribution in [2.24, 2.45) is 22.7 Å². The monoisotopic (exact) mass is 344 g/mol. The van der Waals surface area contributed by atoms with Crippen LogP contribution < -0.4 is 0 Å². The molecule has 4 heteroatoms. The molecule has 4 unspecified atom stereocenters. The Labute approximate surface area is 149 Å². The van der Waals surface area contributed by atoms with Crippen molar-refractivity contribution >= 4 is 5.97 Å². The number of hydrogen-bond donors (Lipinski definition) is 1. The minimum Gasteiger partial charge on any atom is -0.472 e. The summed E-state index contributed by atoms with van der Waals surface area (Å²) in [5.74, 6) is 0.292. The van der Waals surface area contributed by atoms with Crippen molar-refractivity contribution in [1.29, 1.82) is 0 Å². The van der Waals surface area contributed by atoms with E-state index < -0.39 is 5.41 Å². The third-order valence-electron chi connectivity index (χ3n) is 6.78. The smallest absolute Gasteiger partial charge is 0.334 e. The molecule has 1 aromatic rings. The summed E-state index contributed by atoms with van der Waals surface area (Å²) in [6, 6.07) is 2.01. The van der Waals surface area contributed by atoms with E-state index in [1.54, 1.807) is 12.5 Å². The van der Waals surface area contributed by atoms with Gasteiger partial charge in [0.25, 0.3) is 0 Å². The van der Waals surface area contributed by atoms with Crippen LogP contribution >= 0.6 is 0 Å². The number of ether oxygens (including phenoxy) is 1. The summed E-state index contributed by atoms with van der Waals surface area (Å²) < 4.78 is 10.2. The lowest BCUT2D eigenvalue weighted by atomic mass is 9.47. The number of aliphatic hydroxyl groups is 1. The fourth-order valence-electron chi connectivity index (χ4n) is 4.93. The van der Waals surface area contributed by atoms with E-state index in [0.29, 0.717) is 11.5 Å². The van der Waals surface area contributed by atoms with Crippen molar-refractivity contribution in [2.45, 2.75) is 39.5 Å². The van der Waals surface area contributed by atoms with Gasteiger partial charge < -0.3 is 14.3 Å². The first-order chi connectivity index (χ1) is 12.0. The number of aryl methyl sites for hydroxylation is 1. The molecule has 0 radical (unpaired) electrons. The average molecular weight is 344 g/mol. The Morgan fingerprint density at radius 1 is 1.48 bits per heavy atom. The quantitative estimate of drug-likeness (QED) is 0.823. The molecule has 0 saturated heterocycles. The summed E-state index contributed by atoms with van der Waals surface area (Å²) in [5.41, 5.74) is 1.26. The van der Waals surface area contributed by atoms with E-state index in [-0.39, 0.29) is 23.9 Å². The first-order valence-corrected chi connectivity index (χ1v) is 9.07. The molecule has 2 aliphatic carbocycles. The number of furan rings is 1. The van der Waals surface area contributed by atoms with Crippen LogP contribution in [0.25, 0.3) is 0 Å². The highest BCUT2D eigenvalue weighted by Crippen LogP contribution is 2.60. The molecule has 1 aromatic heterocycles. The maximum absolute atomic E-state index is 12.4. The molecule has 136 valence electrons. The Bertz CT molecular complexity index is 672. The molecular formula is C21H28O4. The Balaban J connectivity index is 1.95. The summed E-state index contributed by atoms with van der Waals surface area (Å²) in [7, 11) is 1.41. The Morgan fingerprint density at radius 2 is 2.28 bits per heavy atom. The lowest BCUT2D eigenvalue weighted by Crippen LogP contribution is -2.53. The van der Waals surface area contributed by atoms with Crippen molar-refractivity contribution in [2.75, 3.05) is 13.7 Å². The van der Waals surface area contributed by atoms with Crippen LogP contribution in [0, 0.1) is 22.7 Å². The predicted octanol–water partition coefficient (Wildman–Crippen LogP) is 3.91. The van der Waals surface area contributed by atoms with Gasteiger partial charge in [-0.15, -0.1) is 0 Å². The van der Waals surface area contributed by atoms with E-state index in [1.165, 1.54) is 12.7 Å². The zero-order valence-corrected chi connectivity index (χ0v) is 15.3. The van der Waals surface area contributed by atoms with Crippen LogP contribution in [0.4, 0.5) is 0 Å². The molecule has 0 spiro atoms. The van der Waals surface area contributed by atoms with Gasteiger partial charge >= 0.3 is 5.97 Å². The van der Waals surface area contributed by atoms with Gasteiger partial charge in [0.05, 0.1) is 26.2 Å². The van der Waals surface area contributed by atoms with E-state index in [4.69, 9.17) is 9.15 Å². The fourth-order valence-corrected chi connectivity index (χ4v) is 4.93. The summed E-state index contributed by atoms with van der Waals surface area (Å²) in [4.78, 5) is 12.4. The first kappa shape index (κ1) is 18.0. The highest BCUT2D eigenvalue weighted by molar-refractivity contribution is 5.91. The highest BCUT2D eigenvalue weighted by Gasteiger charge is 2.56. The molecule has 0 aromatic carbocycles. The molecule has 0 amide bonds.